The second kappa shape index (κ2) is 15.5. The highest BCUT2D eigenvalue weighted by Gasteiger charge is 2.46. The number of carbonyl (C=O) groups is 5. The number of thiazole rings is 1. The quantitative estimate of drug-likeness (QED) is 0.219. The van der Waals surface area contributed by atoms with E-state index in [2.05, 4.69) is 25.8 Å². The molecule has 4 aliphatic heterocycles. The van der Waals surface area contributed by atoms with E-state index in [0.29, 0.717) is 71.0 Å². The van der Waals surface area contributed by atoms with Crippen LogP contribution in [0, 0.1) is 5.82 Å². The van der Waals surface area contributed by atoms with Crippen LogP contribution >= 0.6 is 11.3 Å². The van der Waals surface area contributed by atoms with E-state index in [9.17, 15) is 24.0 Å². The minimum atomic E-state index is -3.11. The van der Waals surface area contributed by atoms with Gasteiger partial charge in [-0.2, -0.15) is 10.2 Å². The van der Waals surface area contributed by atoms with Gasteiger partial charge in [-0.1, -0.05) is 6.07 Å². The van der Waals surface area contributed by atoms with Gasteiger partial charge in [-0.15, -0.1) is 11.3 Å². The number of rotatable bonds is 9. The van der Waals surface area contributed by atoms with Gasteiger partial charge in [0.05, 0.1) is 43.3 Å². The lowest BCUT2D eigenvalue weighted by atomic mass is 9.85. The zero-order valence-electron chi connectivity index (χ0n) is 32.4. The second-order valence-corrected chi connectivity index (χ2v) is 16.5. The van der Waals surface area contributed by atoms with E-state index < -0.39 is 42.0 Å². The number of nitrogens with zero attached hydrogens (tertiary/aromatic N) is 9. The van der Waals surface area contributed by atoms with Crippen LogP contribution < -0.4 is 15.5 Å². The molecule has 0 bridgehead atoms. The molecule has 0 aliphatic carbocycles. The molecule has 5 aromatic rings. The molecule has 2 N–H and O–H groups in total. The summed E-state index contributed by atoms with van der Waals surface area (Å²) in [4.78, 5) is 73.1. The van der Waals surface area contributed by atoms with Crippen molar-refractivity contribution in [2.75, 3.05) is 56.0 Å². The Morgan fingerprint density at radius 1 is 1.02 bits per heavy atom. The minimum Gasteiger partial charge on any atom is -0.341 e. The topological polar surface area (TPSA) is 171 Å². The summed E-state index contributed by atoms with van der Waals surface area (Å²) in [5.74, 6) is -5.83. The summed E-state index contributed by atoms with van der Waals surface area (Å²) in [7, 11) is 1.68. The van der Waals surface area contributed by atoms with Crippen LogP contribution in [0.25, 0.3) is 22.0 Å². The molecule has 3 aromatic heterocycles. The number of anilines is 2. The SMILES string of the molecule is Cn1nc(N2CCC(=O)NC2=O)c2ccc(C3CCN(CC(=O)N4CCC(n5cc(-c6cc(F)c7c(c6)C(=O)N(CC(=O)Nc6nccs6)C7)cn5)CC4)CC3(F)F)cc21. The van der Waals surface area contributed by atoms with Crippen molar-refractivity contribution in [3.63, 3.8) is 0 Å². The first-order valence-corrected chi connectivity index (χ1v) is 20.5. The smallest absolute Gasteiger partial charge is 0.329 e. The summed E-state index contributed by atoms with van der Waals surface area (Å²) in [6, 6.07) is 7.36. The lowest BCUT2D eigenvalue weighted by Gasteiger charge is -2.39. The van der Waals surface area contributed by atoms with Gasteiger partial charge in [-0.25, -0.2) is 22.9 Å². The van der Waals surface area contributed by atoms with Crippen LogP contribution in [0.1, 0.15) is 59.1 Å². The number of benzene rings is 2. The first-order valence-electron chi connectivity index (χ1n) is 19.6. The van der Waals surface area contributed by atoms with Crippen molar-refractivity contribution in [3.8, 4) is 11.1 Å². The van der Waals surface area contributed by atoms with E-state index in [1.54, 1.807) is 69.5 Å². The zero-order valence-corrected chi connectivity index (χ0v) is 33.3. The van der Waals surface area contributed by atoms with Crippen LogP contribution in [0.5, 0.6) is 0 Å². The first kappa shape index (κ1) is 39.3. The van der Waals surface area contributed by atoms with Crippen molar-refractivity contribution < 1.29 is 37.1 Å². The highest BCUT2D eigenvalue weighted by molar-refractivity contribution is 7.13. The van der Waals surface area contributed by atoms with Gasteiger partial charge in [0.1, 0.15) is 12.4 Å². The molecule has 3 fully saturated rings. The number of piperidine rings is 2. The minimum absolute atomic E-state index is 0.0251. The number of aromatic nitrogens is 5. The van der Waals surface area contributed by atoms with Gasteiger partial charge in [0.2, 0.25) is 17.7 Å². The molecule has 9 rings (SSSR count). The number of nitrogens with one attached hydrogen (secondary N) is 2. The Balaban J connectivity index is 0.781. The van der Waals surface area contributed by atoms with Gasteiger partial charge in [-0.3, -0.25) is 43.7 Å². The Labute approximate surface area is 344 Å². The van der Waals surface area contributed by atoms with E-state index in [-0.39, 0.29) is 68.0 Å². The number of alkyl halides is 2. The molecule has 3 saturated heterocycles. The molecular weight excluding hydrogens is 804 g/mol. The molecule has 16 nitrogen and oxygen atoms in total. The normalized spacial score (nSPS) is 19.9. The van der Waals surface area contributed by atoms with Crippen LogP contribution in [-0.2, 0) is 28.0 Å². The van der Waals surface area contributed by atoms with Crippen molar-refractivity contribution in [1.82, 2.24) is 44.6 Å². The molecule has 0 saturated carbocycles. The Morgan fingerprint density at radius 2 is 1.83 bits per heavy atom. The summed E-state index contributed by atoms with van der Waals surface area (Å²) in [5, 5.41) is 16.6. The number of likely N-dealkylation sites (tertiary alicyclic amines) is 2. The second-order valence-electron chi connectivity index (χ2n) is 15.6. The largest absolute Gasteiger partial charge is 0.341 e. The summed E-state index contributed by atoms with van der Waals surface area (Å²) < 4.78 is 50.3. The molecule has 312 valence electrons. The number of hydrogen-bond acceptors (Lipinski definition) is 10. The van der Waals surface area contributed by atoms with Gasteiger partial charge in [-0.05, 0) is 61.2 Å². The van der Waals surface area contributed by atoms with E-state index in [0.717, 1.165) is 0 Å². The summed E-state index contributed by atoms with van der Waals surface area (Å²) in [6.07, 6.45) is 6.38. The Bertz CT molecular complexity index is 2530. The average Bonchev–Trinajstić information content (AvgIpc) is 4.03. The number of amides is 6. The average molecular weight is 844 g/mol. The molecule has 1 atom stereocenters. The first-order chi connectivity index (χ1) is 28.8. The maximum atomic E-state index is 15.8. The monoisotopic (exact) mass is 843 g/mol. The summed E-state index contributed by atoms with van der Waals surface area (Å²) in [6.45, 7) is 0.356. The molecule has 7 heterocycles. The van der Waals surface area contributed by atoms with Crippen LogP contribution in [0.3, 0.4) is 0 Å². The molecule has 6 amide bonds. The zero-order chi connectivity index (χ0) is 41.9. The number of carbonyl (C=O) groups excluding carboxylic acids is 5. The molecule has 20 heteroatoms. The van der Waals surface area contributed by atoms with Crippen LogP contribution in [0.2, 0.25) is 0 Å². The third kappa shape index (κ3) is 7.48. The standard InChI is InChI=1S/C40H40F3N11O5S/c1-49-32-16-23(2-3-27(32)36(48-49)53-12-7-33(55)47-39(53)59)30-6-9-50(22-40(30,42)43)21-35(57)51-10-4-26(5-11-51)54-18-25(17-45-54)24-14-28-29(31(41)15-24)19-52(37(28)58)20-34(56)46-38-44-8-13-60-38/h2-3,8,13-18,26,30H,4-7,9-12,19-22H2,1H3,(H,44,46,56)(H,47,55,59). The molecule has 2 aromatic carbocycles. The van der Waals surface area contributed by atoms with Gasteiger partial charge in [0, 0.05) is 73.0 Å². The predicted molar refractivity (Wildman–Crippen MR) is 213 cm³/mol. The maximum absolute atomic E-state index is 15.8. The maximum Gasteiger partial charge on any atom is 0.329 e. The Kier molecular flexibility index (Phi) is 10.1. The summed E-state index contributed by atoms with van der Waals surface area (Å²) in [5.41, 5.74) is 2.54. The van der Waals surface area contributed by atoms with Crippen LogP contribution in [0.4, 0.5) is 28.9 Å². The summed E-state index contributed by atoms with van der Waals surface area (Å²) >= 11 is 1.25. The van der Waals surface area contributed by atoms with Gasteiger partial charge < -0.3 is 15.1 Å². The van der Waals surface area contributed by atoms with E-state index in [1.165, 1.54) is 32.1 Å². The molecule has 0 radical (unpaired) electrons. The fourth-order valence-electron chi connectivity index (χ4n) is 8.68. The van der Waals surface area contributed by atoms with Gasteiger partial charge >= 0.3 is 6.03 Å². The van der Waals surface area contributed by atoms with Gasteiger partial charge in [0.25, 0.3) is 11.8 Å². The number of hydrogen-bond donors (Lipinski definition) is 2. The fraction of sp³-hybridized carbons (Fsp3) is 0.400. The van der Waals surface area contributed by atoms with Crippen molar-refractivity contribution in [2.45, 2.75) is 50.1 Å². The molecular formula is C40H40F3N11O5S. The van der Waals surface area contributed by atoms with Crippen molar-refractivity contribution >= 4 is 62.8 Å². The number of fused-ring (bicyclic) bond motifs is 2. The Hall–Kier alpha value is -6.15. The van der Waals surface area contributed by atoms with Gasteiger partial charge in [0.15, 0.2) is 10.9 Å². The number of halogens is 3. The fourth-order valence-corrected chi connectivity index (χ4v) is 9.23. The van der Waals surface area contributed by atoms with Crippen molar-refractivity contribution in [2.24, 2.45) is 7.05 Å². The lowest BCUT2D eigenvalue weighted by Crippen LogP contribution is -2.51. The molecule has 4 aliphatic rings. The van der Waals surface area contributed by atoms with E-state index in [1.807, 2.05) is 0 Å². The van der Waals surface area contributed by atoms with Crippen molar-refractivity contribution in [1.29, 1.82) is 0 Å². The number of urea groups is 1. The Morgan fingerprint density at radius 3 is 2.58 bits per heavy atom. The van der Waals surface area contributed by atoms with E-state index >= 15 is 13.2 Å². The van der Waals surface area contributed by atoms with Crippen LogP contribution in [0.15, 0.2) is 54.3 Å². The molecule has 1 unspecified atom stereocenters. The van der Waals surface area contributed by atoms with Crippen LogP contribution in [-0.4, -0.2) is 121 Å². The van der Waals surface area contributed by atoms with Crippen molar-refractivity contribution in [3.05, 3.63) is 76.8 Å². The number of aryl methyl sites for hydroxylation is 1. The highest BCUT2D eigenvalue weighted by atomic mass is 32.1. The van der Waals surface area contributed by atoms with E-state index in [4.69, 9.17) is 0 Å². The number of imide groups is 1. The third-order valence-electron chi connectivity index (χ3n) is 11.8. The molecule has 60 heavy (non-hydrogen) atoms. The highest BCUT2D eigenvalue weighted by Crippen LogP contribution is 2.42. The third-order valence-corrected chi connectivity index (χ3v) is 12.5. The molecule has 0 spiro atoms. The lowest BCUT2D eigenvalue weighted by molar-refractivity contribution is -0.137. The predicted octanol–water partition coefficient (Wildman–Crippen LogP) is 4.36.